The van der Waals surface area contributed by atoms with E-state index < -0.39 is 0 Å². The van der Waals surface area contributed by atoms with Gasteiger partial charge >= 0.3 is 0 Å². The molecule has 0 saturated carbocycles. The highest BCUT2D eigenvalue weighted by Crippen LogP contribution is 2.39. The molecule has 1 N–H and O–H groups in total. The lowest BCUT2D eigenvalue weighted by molar-refractivity contribution is 0.439. The highest BCUT2D eigenvalue weighted by molar-refractivity contribution is 7.13. The first kappa shape index (κ1) is 18.7. The molecular formula is C22H16ClN5OS. The van der Waals surface area contributed by atoms with Gasteiger partial charge in [-0.15, -0.1) is 21.8 Å². The summed E-state index contributed by atoms with van der Waals surface area (Å²) in [6.07, 6.45) is 1.87. The van der Waals surface area contributed by atoms with Crippen molar-refractivity contribution in [3.63, 3.8) is 0 Å². The van der Waals surface area contributed by atoms with Gasteiger partial charge in [0.2, 0.25) is 11.0 Å². The van der Waals surface area contributed by atoms with E-state index in [1.807, 2.05) is 67.6 Å². The minimum atomic E-state index is 0.00839. The maximum atomic E-state index is 10.9. The number of imidazole rings is 1. The van der Waals surface area contributed by atoms with E-state index in [1.54, 1.807) is 4.57 Å². The zero-order valence-electron chi connectivity index (χ0n) is 16.0. The van der Waals surface area contributed by atoms with Crippen molar-refractivity contribution in [2.45, 2.75) is 12.8 Å². The molecule has 4 aromatic rings. The summed E-state index contributed by atoms with van der Waals surface area (Å²) < 4.78 is 1.58. The van der Waals surface area contributed by atoms with E-state index in [0.29, 0.717) is 21.7 Å². The highest BCUT2D eigenvalue weighted by atomic mass is 35.5. The molecule has 0 bridgehead atoms. The van der Waals surface area contributed by atoms with Gasteiger partial charge in [0, 0.05) is 16.7 Å². The first-order chi connectivity index (χ1) is 14.7. The maximum absolute atomic E-state index is 10.9. The van der Waals surface area contributed by atoms with Crippen LogP contribution in [0.1, 0.15) is 27.7 Å². The standard InChI is InChI=1S/C22H16ClN5OS/c1-13-24-18(21(29)28(13)22-27-26-19(12-23)30-22)11-16-15-9-5-6-10-17(15)25-20(16)14-7-3-2-4-8-14/h2-11,29H,12H2,1H3. The maximum Gasteiger partial charge on any atom is 0.225 e. The van der Waals surface area contributed by atoms with Crippen LogP contribution in [-0.4, -0.2) is 30.6 Å². The quantitative estimate of drug-likeness (QED) is 0.451. The smallest absolute Gasteiger partial charge is 0.225 e. The van der Waals surface area contributed by atoms with E-state index in [2.05, 4.69) is 15.2 Å². The molecule has 0 aliphatic carbocycles. The van der Waals surface area contributed by atoms with Crippen LogP contribution < -0.4 is 0 Å². The number of para-hydroxylation sites is 1. The van der Waals surface area contributed by atoms with Crippen molar-refractivity contribution in [1.82, 2.24) is 19.7 Å². The van der Waals surface area contributed by atoms with Crippen LogP contribution in [0.25, 0.3) is 16.8 Å². The largest absolute Gasteiger partial charge is 0.493 e. The van der Waals surface area contributed by atoms with Crippen LogP contribution in [0.5, 0.6) is 5.88 Å². The molecule has 5 rings (SSSR count). The molecular weight excluding hydrogens is 418 g/mol. The number of fused-ring (bicyclic) bond motifs is 1. The molecule has 6 nitrogen and oxygen atoms in total. The first-order valence-electron chi connectivity index (χ1n) is 9.28. The molecule has 3 heterocycles. The summed E-state index contributed by atoms with van der Waals surface area (Å²) in [5.74, 6) is 0.895. The molecule has 0 amide bonds. The lowest BCUT2D eigenvalue weighted by atomic mass is 9.97. The van der Waals surface area contributed by atoms with Crippen LogP contribution in [0.2, 0.25) is 0 Å². The van der Waals surface area contributed by atoms with Crippen LogP contribution in [0, 0.1) is 6.92 Å². The number of rotatable bonds is 4. The predicted molar refractivity (Wildman–Crippen MR) is 120 cm³/mol. The Kier molecular flexibility index (Phi) is 4.69. The highest BCUT2D eigenvalue weighted by Gasteiger charge is 2.24. The number of halogens is 1. The van der Waals surface area contributed by atoms with Gasteiger partial charge in [0.05, 0.1) is 17.3 Å². The van der Waals surface area contributed by atoms with Gasteiger partial charge in [-0.05, 0) is 19.1 Å². The lowest BCUT2D eigenvalue weighted by Crippen LogP contribution is -1.99. The fourth-order valence-corrected chi connectivity index (χ4v) is 4.42. The number of aliphatic imine (C=N–C) groups is 1. The summed E-state index contributed by atoms with van der Waals surface area (Å²) >= 11 is 7.17. The Morgan fingerprint density at radius 1 is 1.07 bits per heavy atom. The lowest BCUT2D eigenvalue weighted by Gasteiger charge is -2.05. The number of hydrogen-bond donors (Lipinski definition) is 1. The number of hydrogen-bond acceptors (Lipinski definition) is 6. The van der Waals surface area contributed by atoms with E-state index in [9.17, 15) is 5.11 Å². The Bertz CT molecular complexity index is 1310. The third kappa shape index (κ3) is 3.12. The van der Waals surface area contributed by atoms with Gasteiger partial charge in [0.1, 0.15) is 16.5 Å². The minimum absolute atomic E-state index is 0.00839. The van der Waals surface area contributed by atoms with E-state index in [1.165, 1.54) is 11.3 Å². The molecule has 1 aliphatic heterocycles. The molecule has 148 valence electrons. The van der Waals surface area contributed by atoms with Crippen molar-refractivity contribution in [2.75, 3.05) is 0 Å². The monoisotopic (exact) mass is 433 g/mol. The summed E-state index contributed by atoms with van der Waals surface area (Å²) in [7, 11) is 0. The second-order valence-electron chi connectivity index (χ2n) is 6.72. The van der Waals surface area contributed by atoms with Gasteiger partial charge in [0.25, 0.3) is 0 Å². The second-order valence-corrected chi connectivity index (χ2v) is 8.02. The Morgan fingerprint density at radius 3 is 2.60 bits per heavy atom. The van der Waals surface area contributed by atoms with E-state index in [-0.39, 0.29) is 11.8 Å². The molecule has 2 aromatic heterocycles. The number of aromatic hydroxyl groups is 1. The van der Waals surface area contributed by atoms with Crippen molar-refractivity contribution in [2.24, 2.45) is 4.99 Å². The topological polar surface area (TPSA) is 76.2 Å². The zero-order chi connectivity index (χ0) is 20.7. The summed E-state index contributed by atoms with van der Waals surface area (Å²) in [5.41, 5.74) is 5.12. The number of aromatic nitrogens is 4. The zero-order valence-corrected chi connectivity index (χ0v) is 17.5. The minimum Gasteiger partial charge on any atom is -0.493 e. The molecule has 2 aromatic carbocycles. The fraction of sp³-hybridized carbons (Fsp3) is 0.0909. The molecule has 8 heteroatoms. The van der Waals surface area contributed by atoms with Gasteiger partial charge in [-0.25, -0.2) is 14.5 Å². The van der Waals surface area contributed by atoms with Gasteiger partial charge in [-0.3, -0.25) is 0 Å². The summed E-state index contributed by atoms with van der Waals surface area (Å²) in [4.78, 5) is 9.40. The van der Waals surface area contributed by atoms with Crippen molar-refractivity contribution in [3.8, 4) is 11.0 Å². The fourth-order valence-electron chi connectivity index (χ4n) is 3.46. The third-order valence-electron chi connectivity index (χ3n) is 4.82. The van der Waals surface area contributed by atoms with Crippen LogP contribution in [0.4, 0.5) is 5.69 Å². The summed E-state index contributed by atoms with van der Waals surface area (Å²) in [6.45, 7) is 1.82. The number of nitrogens with zero attached hydrogens (tertiary/aromatic N) is 5. The van der Waals surface area contributed by atoms with E-state index in [0.717, 1.165) is 28.1 Å². The van der Waals surface area contributed by atoms with Crippen LogP contribution in [-0.2, 0) is 5.88 Å². The molecule has 0 radical (unpaired) electrons. The third-order valence-corrected chi connectivity index (χ3v) is 6.14. The van der Waals surface area contributed by atoms with Crippen molar-refractivity contribution in [3.05, 3.63) is 82.3 Å². The average Bonchev–Trinajstić information content (AvgIpc) is 3.45. The Morgan fingerprint density at radius 2 is 1.83 bits per heavy atom. The van der Waals surface area contributed by atoms with Gasteiger partial charge in [-0.1, -0.05) is 59.9 Å². The van der Waals surface area contributed by atoms with Crippen molar-refractivity contribution < 1.29 is 5.11 Å². The second kappa shape index (κ2) is 7.51. The predicted octanol–water partition coefficient (Wildman–Crippen LogP) is 5.15. The molecule has 1 aliphatic rings. The molecule has 0 saturated heterocycles. The molecule has 0 spiro atoms. The number of aryl methyl sites for hydroxylation is 1. The Hall–Kier alpha value is -3.29. The molecule has 30 heavy (non-hydrogen) atoms. The average molecular weight is 434 g/mol. The molecule has 0 unspecified atom stereocenters. The first-order valence-corrected chi connectivity index (χ1v) is 10.6. The number of alkyl halides is 1. The van der Waals surface area contributed by atoms with Crippen LogP contribution >= 0.6 is 22.9 Å². The normalized spacial score (nSPS) is 14.2. The number of allylic oxidation sites excluding steroid dienone is 1. The van der Waals surface area contributed by atoms with Gasteiger partial charge in [0.15, 0.2) is 0 Å². The Balaban J connectivity index is 1.65. The summed E-state index contributed by atoms with van der Waals surface area (Å²) in [5, 5.41) is 20.3. The van der Waals surface area contributed by atoms with Gasteiger partial charge < -0.3 is 5.11 Å². The molecule has 0 fully saturated rings. The summed E-state index contributed by atoms with van der Waals surface area (Å²) in [6, 6.07) is 18.0. The van der Waals surface area contributed by atoms with Crippen LogP contribution in [0.3, 0.4) is 0 Å². The van der Waals surface area contributed by atoms with E-state index >= 15 is 0 Å². The van der Waals surface area contributed by atoms with E-state index in [4.69, 9.17) is 16.6 Å². The SMILES string of the molecule is Cc1nc(C=C2C(c3ccccc3)=Nc3ccccc32)c(O)n1-c1nnc(CCl)s1. The van der Waals surface area contributed by atoms with Gasteiger partial charge in [-0.2, -0.15) is 0 Å². The van der Waals surface area contributed by atoms with Crippen molar-refractivity contribution >= 4 is 46.0 Å². The van der Waals surface area contributed by atoms with Crippen LogP contribution in [0.15, 0.2) is 59.6 Å². The van der Waals surface area contributed by atoms with Crippen molar-refractivity contribution in [1.29, 1.82) is 0 Å². The molecule has 0 atom stereocenters. The number of benzene rings is 2. The Labute approximate surface area is 181 Å².